The van der Waals surface area contributed by atoms with Crippen molar-refractivity contribution in [3.63, 3.8) is 0 Å². The second kappa shape index (κ2) is 9.07. The van der Waals surface area contributed by atoms with Gasteiger partial charge in [0, 0.05) is 5.69 Å². The molecule has 0 bridgehead atoms. The Morgan fingerprint density at radius 1 is 1.18 bits per heavy atom. The summed E-state index contributed by atoms with van der Waals surface area (Å²) >= 11 is 2.67. The molecule has 6 nitrogen and oxygen atoms in total. The van der Waals surface area contributed by atoms with Crippen molar-refractivity contribution >= 4 is 55.9 Å². The average Bonchev–Trinajstić information content (AvgIpc) is 3.09. The Hall–Kier alpha value is -2.58. The third-order valence-electron chi connectivity index (χ3n) is 3.99. The van der Waals surface area contributed by atoms with E-state index < -0.39 is 0 Å². The number of carbonyl (C=O) groups excluding carboxylic acids is 2. The van der Waals surface area contributed by atoms with E-state index in [9.17, 15) is 9.59 Å². The van der Waals surface area contributed by atoms with E-state index in [1.165, 1.54) is 23.1 Å². The number of methoxy groups -OCH3 is 1. The highest BCUT2D eigenvalue weighted by molar-refractivity contribution is 8.01. The molecule has 0 aliphatic carbocycles. The van der Waals surface area contributed by atoms with E-state index in [0.29, 0.717) is 5.13 Å². The molecule has 0 aliphatic heterocycles. The molecule has 2 aromatic carbocycles. The zero-order valence-electron chi connectivity index (χ0n) is 15.8. The summed E-state index contributed by atoms with van der Waals surface area (Å²) in [5.41, 5.74) is 2.68. The van der Waals surface area contributed by atoms with E-state index in [1.54, 1.807) is 14.0 Å². The molecule has 3 aromatic rings. The van der Waals surface area contributed by atoms with Gasteiger partial charge in [0.1, 0.15) is 5.75 Å². The molecule has 1 atom stereocenters. The highest BCUT2D eigenvalue weighted by Crippen LogP contribution is 2.29. The summed E-state index contributed by atoms with van der Waals surface area (Å²) in [5.74, 6) is 0.622. The average molecular weight is 416 g/mol. The molecule has 146 valence electrons. The Kier molecular flexibility index (Phi) is 6.53. The number of thiazole rings is 1. The summed E-state index contributed by atoms with van der Waals surface area (Å²) in [7, 11) is 1.61. The lowest BCUT2D eigenvalue weighted by molar-refractivity contribution is -0.115. The maximum atomic E-state index is 12.4. The van der Waals surface area contributed by atoms with Crippen molar-refractivity contribution in [1.29, 1.82) is 0 Å². The molecule has 3 rings (SSSR count). The first kappa shape index (κ1) is 20.2. The highest BCUT2D eigenvalue weighted by Gasteiger charge is 2.17. The van der Waals surface area contributed by atoms with Crippen LogP contribution >= 0.6 is 23.1 Å². The zero-order chi connectivity index (χ0) is 20.1. The van der Waals surface area contributed by atoms with Crippen molar-refractivity contribution in [3.05, 3.63) is 48.0 Å². The molecule has 0 aliphatic rings. The number of hydrogen-bond acceptors (Lipinski definition) is 6. The third kappa shape index (κ3) is 5.24. The summed E-state index contributed by atoms with van der Waals surface area (Å²) in [6.07, 6.45) is 0. The zero-order valence-corrected chi connectivity index (χ0v) is 17.4. The Morgan fingerprint density at radius 2 is 1.93 bits per heavy atom. The minimum Gasteiger partial charge on any atom is -0.497 e. The summed E-state index contributed by atoms with van der Waals surface area (Å²) in [4.78, 5) is 28.9. The number of carbonyl (C=O) groups is 2. The van der Waals surface area contributed by atoms with Crippen LogP contribution in [0, 0.1) is 6.92 Å². The first-order chi connectivity index (χ1) is 13.4. The van der Waals surface area contributed by atoms with Crippen molar-refractivity contribution < 1.29 is 14.3 Å². The predicted octanol–water partition coefficient (Wildman–Crippen LogP) is 4.31. The van der Waals surface area contributed by atoms with Gasteiger partial charge in [0.2, 0.25) is 11.8 Å². The fraction of sp³-hybridized carbons (Fsp3) is 0.250. The number of fused-ring (bicyclic) bond motifs is 1. The van der Waals surface area contributed by atoms with Gasteiger partial charge in [-0.15, -0.1) is 11.8 Å². The minimum absolute atomic E-state index is 0.138. The lowest BCUT2D eigenvalue weighted by atomic mass is 10.2. The lowest BCUT2D eigenvalue weighted by Gasteiger charge is -2.10. The molecule has 0 radical (unpaired) electrons. The van der Waals surface area contributed by atoms with Crippen LogP contribution in [-0.2, 0) is 9.59 Å². The van der Waals surface area contributed by atoms with E-state index in [1.807, 2.05) is 49.4 Å². The van der Waals surface area contributed by atoms with Crippen LogP contribution in [0.1, 0.15) is 12.5 Å². The second-order valence-corrected chi connectivity index (χ2v) is 8.57. The number of rotatable bonds is 7. The molecule has 0 fully saturated rings. The van der Waals surface area contributed by atoms with Gasteiger partial charge < -0.3 is 15.4 Å². The number of amides is 2. The van der Waals surface area contributed by atoms with Crippen LogP contribution in [0.5, 0.6) is 5.75 Å². The van der Waals surface area contributed by atoms with Crippen LogP contribution in [0.15, 0.2) is 42.5 Å². The summed E-state index contributed by atoms with van der Waals surface area (Å²) in [5, 5.41) is 5.80. The number of nitrogens with zero attached hydrogens (tertiary/aromatic N) is 1. The summed E-state index contributed by atoms with van der Waals surface area (Å²) < 4.78 is 6.14. The Bertz CT molecular complexity index is 986. The normalized spacial score (nSPS) is 11.8. The van der Waals surface area contributed by atoms with E-state index in [0.717, 1.165) is 27.2 Å². The SMILES string of the molecule is COc1ccc2nc(NC(=O)C(C)SCC(=O)Nc3ccc(C)cc3)sc2c1. The number of thioether (sulfide) groups is 1. The molecule has 0 spiro atoms. The van der Waals surface area contributed by atoms with E-state index >= 15 is 0 Å². The topological polar surface area (TPSA) is 80.3 Å². The van der Waals surface area contributed by atoms with Crippen LogP contribution in [-0.4, -0.2) is 34.9 Å². The molecule has 28 heavy (non-hydrogen) atoms. The molecule has 0 saturated carbocycles. The molecule has 1 unspecified atom stereocenters. The van der Waals surface area contributed by atoms with Crippen LogP contribution in [0.4, 0.5) is 10.8 Å². The van der Waals surface area contributed by atoms with Gasteiger partial charge in [0.15, 0.2) is 5.13 Å². The number of ether oxygens (including phenoxy) is 1. The van der Waals surface area contributed by atoms with Crippen LogP contribution in [0.25, 0.3) is 10.2 Å². The number of aryl methyl sites for hydroxylation is 1. The lowest BCUT2D eigenvalue weighted by Crippen LogP contribution is -2.24. The monoisotopic (exact) mass is 415 g/mol. The molecular weight excluding hydrogens is 394 g/mol. The van der Waals surface area contributed by atoms with Gasteiger partial charge in [-0.1, -0.05) is 29.0 Å². The molecule has 8 heteroatoms. The van der Waals surface area contributed by atoms with Crippen molar-refractivity contribution in [2.24, 2.45) is 0 Å². The smallest absolute Gasteiger partial charge is 0.239 e. The Balaban J connectivity index is 1.51. The van der Waals surface area contributed by atoms with Crippen molar-refractivity contribution in [3.8, 4) is 5.75 Å². The van der Waals surface area contributed by atoms with Gasteiger partial charge in [-0.25, -0.2) is 4.98 Å². The maximum Gasteiger partial charge on any atom is 0.239 e. The van der Waals surface area contributed by atoms with Gasteiger partial charge in [-0.2, -0.15) is 0 Å². The molecule has 1 aromatic heterocycles. The Morgan fingerprint density at radius 3 is 2.64 bits per heavy atom. The minimum atomic E-state index is -0.384. The van der Waals surface area contributed by atoms with Crippen LogP contribution in [0.2, 0.25) is 0 Å². The number of anilines is 2. The summed E-state index contributed by atoms with van der Waals surface area (Å²) in [6.45, 7) is 3.76. The van der Waals surface area contributed by atoms with Gasteiger partial charge in [-0.3, -0.25) is 9.59 Å². The predicted molar refractivity (Wildman–Crippen MR) is 117 cm³/mol. The van der Waals surface area contributed by atoms with E-state index in [-0.39, 0.29) is 22.8 Å². The molecule has 2 N–H and O–H groups in total. The van der Waals surface area contributed by atoms with Gasteiger partial charge in [-0.05, 0) is 44.2 Å². The van der Waals surface area contributed by atoms with E-state index in [4.69, 9.17) is 4.74 Å². The van der Waals surface area contributed by atoms with E-state index in [2.05, 4.69) is 15.6 Å². The van der Waals surface area contributed by atoms with Gasteiger partial charge >= 0.3 is 0 Å². The first-order valence-corrected chi connectivity index (χ1v) is 10.5. The molecule has 1 heterocycles. The summed E-state index contributed by atoms with van der Waals surface area (Å²) in [6, 6.07) is 13.2. The molecule has 0 saturated heterocycles. The third-order valence-corrected chi connectivity index (χ3v) is 6.07. The van der Waals surface area contributed by atoms with Gasteiger partial charge in [0.25, 0.3) is 0 Å². The van der Waals surface area contributed by atoms with Crippen LogP contribution < -0.4 is 15.4 Å². The first-order valence-electron chi connectivity index (χ1n) is 8.68. The standard InChI is InChI=1S/C20H21N3O3S2/c1-12-4-6-14(7-5-12)21-18(24)11-27-13(2)19(25)23-20-22-16-9-8-15(26-3)10-17(16)28-20/h4-10,13H,11H2,1-3H3,(H,21,24)(H,22,23,25). The molecule has 2 amide bonds. The number of aromatic nitrogens is 1. The van der Waals surface area contributed by atoms with Gasteiger partial charge in [0.05, 0.1) is 28.3 Å². The van der Waals surface area contributed by atoms with Crippen LogP contribution in [0.3, 0.4) is 0 Å². The Labute approximate surface area is 171 Å². The van der Waals surface area contributed by atoms with Crippen molar-refractivity contribution in [2.75, 3.05) is 23.5 Å². The second-order valence-electron chi connectivity index (χ2n) is 6.21. The fourth-order valence-electron chi connectivity index (χ4n) is 2.40. The fourth-order valence-corrected chi connectivity index (χ4v) is 3.98. The number of nitrogens with one attached hydrogen (secondary N) is 2. The number of benzene rings is 2. The molecular formula is C20H21N3O3S2. The highest BCUT2D eigenvalue weighted by atomic mass is 32.2. The number of hydrogen-bond donors (Lipinski definition) is 2. The maximum absolute atomic E-state index is 12.4. The largest absolute Gasteiger partial charge is 0.497 e. The van der Waals surface area contributed by atoms with Crippen molar-refractivity contribution in [2.45, 2.75) is 19.1 Å². The van der Waals surface area contributed by atoms with Crippen molar-refractivity contribution in [1.82, 2.24) is 4.98 Å². The quantitative estimate of drug-likeness (QED) is 0.601.